The van der Waals surface area contributed by atoms with Gasteiger partial charge < -0.3 is 5.32 Å². The second-order valence-corrected chi connectivity index (χ2v) is 3.80. The van der Waals surface area contributed by atoms with Crippen LogP contribution in [0.4, 0.5) is 0 Å². The van der Waals surface area contributed by atoms with Crippen LogP contribution in [0.25, 0.3) is 0 Å². The minimum Gasteiger partial charge on any atom is -0.365 e. The van der Waals surface area contributed by atoms with Gasteiger partial charge in [0, 0.05) is 12.0 Å². The average molecular weight is 185 g/mol. The van der Waals surface area contributed by atoms with E-state index in [1.807, 2.05) is 5.41 Å². The third-order valence-corrected chi connectivity index (χ3v) is 2.66. The fraction of sp³-hybridized carbons (Fsp3) is 0.400. The zero-order valence-electron chi connectivity index (χ0n) is 5.52. The molecular formula is C5H5N4S2. The largest absolute Gasteiger partial charge is 0.365 e. The van der Waals surface area contributed by atoms with E-state index in [9.17, 15) is 0 Å². The van der Waals surface area contributed by atoms with Crippen LogP contribution in [0.2, 0.25) is 0 Å². The molecule has 1 radical (unpaired) electrons. The van der Waals surface area contributed by atoms with Gasteiger partial charge in [0.05, 0.1) is 16.7 Å². The van der Waals surface area contributed by atoms with Crippen molar-refractivity contribution in [2.24, 2.45) is 14.6 Å². The average Bonchev–Trinajstić information content (AvgIpc) is 2.58. The van der Waals surface area contributed by atoms with Crippen LogP contribution in [0.3, 0.4) is 0 Å². The van der Waals surface area contributed by atoms with Gasteiger partial charge >= 0.3 is 0 Å². The van der Waals surface area contributed by atoms with Crippen LogP contribution in [-0.4, -0.2) is 18.9 Å². The van der Waals surface area contributed by atoms with Crippen LogP contribution in [0.5, 0.6) is 0 Å². The number of hydrogen-bond donors (Lipinski definition) is 1. The summed E-state index contributed by atoms with van der Waals surface area (Å²) in [6.45, 7) is 0.788. The standard InChI is InChI=1S/C5H5N4S2/c1-4(7-3-6-1)5-2-10-11-9-8-5/h2,4H,1H2,(H,6,7). The Hall–Kier alpha value is -0.490. The highest BCUT2D eigenvalue weighted by molar-refractivity contribution is 8.77. The summed E-state index contributed by atoms with van der Waals surface area (Å²) >= 11 is 0. The number of aliphatic imine (C=N–C) groups is 1. The van der Waals surface area contributed by atoms with E-state index in [1.54, 1.807) is 10.8 Å². The lowest BCUT2D eigenvalue weighted by Gasteiger charge is -2.06. The molecule has 0 aromatic heterocycles. The Labute approximate surface area is 72.2 Å². The zero-order valence-corrected chi connectivity index (χ0v) is 7.15. The third-order valence-electron chi connectivity index (χ3n) is 1.34. The SMILES string of the molecule is [C]1=NC(C2=CSSN=N2)CN1. The molecule has 0 aliphatic carbocycles. The molecule has 0 fully saturated rings. The molecule has 0 bridgehead atoms. The minimum absolute atomic E-state index is 0.118. The first-order chi connectivity index (χ1) is 5.47. The number of rotatable bonds is 1. The van der Waals surface area contributed by atoms with Gasteiger partial charge in [0.2, 0.25) is 0 Å². The maximum Gasteiger partial charge on any atom is 0.164 e. The number of hydrogen-bond acceptors (Lipinski definition) is 6. The first-order valence-corrected chi connectivity index (χ1v) is 5.25. The van der Waals surface area contributed by atoms with Gasteiger partial charge in [0.25, 0.3) is 0 Å². The van der Waals surface area contributed by atoms with E-state index in [2.05, 4.69) is 26.3 Å². The Morgan fingerprint density at radius 3 is 3.36 bits per heavy atom. The topological polar surface area (TPSA) is 49.1 Å². The van der Waals surface area contributed by atoms with Crippen LogP contribution in [0.15, 0.2) is 25.7 Å². The molecule has 0 amide bonds. The molecule has 2 aliphatic rings. The van der Waals surface area contributed by atoms with Gasteiger partial charge in [0.1, 0.15) is 6.04 Å². The lowest BCUT2D eigenvalue weighted by Crippen LogP contribution is -2.16. The van der Waals surface area contributed by atoms with Crippen LogP contribution in [0.1, 0.15) is 0 Å². The van der Waals surface area contributed by atoms with Crippen molar-refractivity contribution < 1.29 is 0 Å². The van der Waals surface area contributed by atoms with Crippen molar-refractivity contribution in [3.8, 4) is 0 Å². The molecule has 0 saturated carbocycles. The quantitative estimate of drug-likeness (QED) is 0.497. The van der Waals surface area contributed by atoms with Crippen molar-refractivity contribution in [1.29, 1.82) is 0 Å². The van der Waals surface area contributed by atoms with Gasteiger partial charge in [-0.2, -0.15) is 0 Å². The van der Waals surface area contributed by atoms with Crippen molar-refractivity contribution in [2.75, 3.05) is 6.54 Å². The Morgan fingerprint density at radius 1 is 1.73 bits per heavy atom. The summed E-state index contributed by atoms with van der Waals surface area (Å²) in [4.78, 5) is 4.05. The van der Waals surface area contributed by atoms with Crippen LogP contribution in [-0.2, 0) is 0 Å². The molecule has 2 rings (SSSR count). The summed E-state index contributed by atoms with van der Waals surface area (Å²) < 4.78 is 3.82. The van der Waals surface area contributed by atoms with E-state index in [0.29, 0.717) is 0 Å². The van der Waals surface area contributed by atoms with Crippen LogP contribution >= 0.6 is 21.8 Å². The summed E-state index contributed by atoms with van der Waals surface area (Å²) in [5.74, 6) is 0. The molecule has 0 saturated heterocycles. The van der Waals surface area contributed by atoms with Crippen LogP contribution in [0, 0.1) is 0 Å². The Bertz CT molecular complexity index is 235. The van der Waals surface area contributed by atoms with Gasteiger partial charge in [0.15, 0.2) is 6.34 Å². The van der Waals surface area contributed by atoms with E-state index in [1.165, 1.54) is 11.0 Å². The lowest BCUT2D eigenvalue weighted by atomic mass is 10.2. The summed E-state index contributed by atoms with van der Waals surface area (Å²) in [5, 5.41) is 8.83. The molecular weight excluding hydrogens is 180 g/mol. The summed E-state index contributed by atoms with van der Waals surface area (Å²) in [5.41, 5.74) is 0.922. The third kappa shape index (κ3) is 1.57. The Kier molecular flexibility index (Phi) is 2.13. The predicted octanol–water partition coefficient (Wildman–Crippen LogP) is 1.47. The monoisotopic (exact) mass is 185 g/mol. The second-order valence-electron chi connectivity index (χ2n) is 2.03. The summed E-state index contributed by atoms with van der Waals surface area (Å²) in [7, 11) is 2.94. The van der Waals surface area contributed by atoms with Crippen molar-refractivity contribution in [3.05, 3.63) is 11.1 Å². The van der Waals surface area contributed by atoms with E-state index in [0.717, 1.165) is 12.2 Å². The molecule has 0 aromatic rings. The first kappa shape index (κ1) is 7.17. The molecule has 4 nitrogen and oxygen atoms in total. The van der Waals surface area contributed by atoms with Crippen molar-refractivity contribution in [3.63, 3.8) is 0 Å². The molecule has 2 aliphatic heterocycles. The fourth-order valence-corrected chi connectivity index (χ4v) is 1.96. The minimum atomic E-state index is 0.118. The van der Waals surface area contributed by atoms with Gasteiger partial charge in [-0.3, -0.25) is 4.99 Å². The van der Waals surface area contributed by atoms with Gasteiger partial charge in [-0.05, 0) is 10.8 Å². The zero-order chi connectivity index (χ0) is 7.52. The lowest BCUT2D eigenvalue weighted by molar-refractivity contribution is 0.773. The normalized spacial score (nSPS) is 28.4. The Morgan fingerprint density at radius 2 is 2.73 bits per heavy atom. The van der Waals surface area contributed by atoms with Gasteiger partial charge in [-0.15, -0.1) is 9.63 Å². The smallest absolute Gasteiger partial charge is 0.164 e. The maximum absolute atomic E-state index is 4.05. The van der Waals surface area contributed by atoms with Crippen molar-refractivity contribution in [2.45, 2.75) is 6.04 Å². The molecule has 1 N–H and O–H groups in total. The van der Waals surface area contributed by atoms with E-state index in [4.69, 9.17) is 0 Å². The molecule has 1 atom stereocenters. The van der Waals surface area contributed by atoms with Gasteiger partial charge in [-0.1, -0.05) is 0 Å². The number of nitrogens with one attached hydrogen (secondary N) is 1. The predicted molar refractivity (Wildman–Crippen MR) is 47.3 cm³/mol. The van der Waals surface area contributed by atoms with Crippen LogP contribution < -0.4 is 5.32 Å². The van der Waals surface area contributed by atoms with E-state index < -0.39 is 0 Å². The Balaban J connectivity index is 2.08. The van der Waals surface area contributed by atoms with Gasteiger partial charge in [-0.25, -0.2) is 0 Å². The summed E-state index contributed by atoms with van der Waals surface area (Å²) in [6.07, 6.45) is 2.69. The van der Waals surface area contributed by atoms with Crippen molar-refractivity contribution in [1.82, 2.24) is 5.32 Å². The maximum atomic E-state index is 4.05. The molecule has 6 heteroatoms. The molecule has 0 spiro atoms. The molecule has 11 heavy (non-hydrogen) atoms. The first-order valence-electron chi connectivity index (χ1n) is 3.08. The van der Waals surface area contributed by atoms with E-state index in [-0.39, 0.29) is 6.04 Å². The fourth-order valence-electron chi connectivity index (χ4n) is 0.805. The van der Waals surface area contributed by atoms with Crippen molar-refractivity contribution >= 4 is 28.1 Å². The molecule has 0 aromatic carbocycles. The molecule has 1 unspecified atom stereocenters. The second kappa shape index (κ2) is 3.27. The summed E-state index contributed by atoms with van der Waals surface area (Å²) in [6, 6.07) is 0.118. The highest BCUT2D eigenvalue weighted by Gasteiger charge is 2.17. The molecule has 2 heterocycles. The highest BCUT2D eigenvalue weighted by Crippen LogP contribution is 2.32. The number of nitrogens with zero attached hydrogens (tertiary/aromatic N) is 3. The highest BCUT2D eigenvalue weighted by atomic mass is 33.1. The molecule has 57 valence electrons. The van der Waals surface area contributed by atoms with E-state index >= 15 is 0 Å².